The maximum Gasteiger partial charge on any atom is 0.194 e. The highest BCUT2D eigenvalue weighted by Crippen LogP contribution is 2.16. The fourth-order valence-corrected chi connectivity index (χ4v) is 2.64. The SMILES string of the molecule is CN=C(NCc1ccnn1C)N(C)Cc1ncc(-c2ccccc2)[nH]1. The summed E-state index contributed by atoms with van der Waals surface area (Å²) in [6.45, 7) is 1.30. The molecule has 0 aliphatic carbocycles. The zero-order valence-electron chi connectivity index (χ0n) is 14.8. The topological polar surface area (TPSA) is 74.1 Å². The zero-order chi connectivity index (χ0) is 17.6. The van der Waals surface area contributed by atoms with Crippen LogP contribution in [-0.2, 0) is 20.1 Å². The van der Waals surface area contributed by atoms with Gasteiger partial charge < -0.3 is 15.2 Å². The van der Waals surface area contributed by atoms with E-state index in [-0.39, 0.29) is 0 Å². The van der Waals surface area contributed by atoms with Crippen LogP contribution in [0.25, 0.3) is 11.3 Å². The van der Waals surface area contributed by atoms with Gasteiger partial charge in [0.05, 0.1) is 30.7 Å². The minimum Gasteiger partial charge on any atom is -0.351 e. The molecule has 3 aromatic rings. The monoisotopic (exact) mass is 337 g/mol. The Morgan fingerprint density at radius 1 is 1.28 bits per heavy atom. The van der Waals surface area contributed by atoms with E-state index in [9.17, 15) is 0 Å². The fraction of sp³-hybridized carbons (Fsp3) is 0.278. The van der Waals surface area contributed by atoms with Crippen LogP contribution in [0.2, 0.25) is 0 Å². The van der Waals surface area contributed by atoms with Crippen LogP contribution < -0.4 is 5.32 Å². The molecule has 0 spiro atoms. The summed E-state index contributed by atoms with van der Waals surface area (Å²) in [5, 5.41) is 7.52. The quantitative estimate of drug-likeness (QED) is 0.552. The van der Waals surface area contributed by atoms with Gasteiger partial charge in [-0.1, -0.05) is 30.3 Å². The highest BCUT2D eigenvalue weighted by Gasteiger charge is 2.10. The Hall–Kier alpha value is -3.09. The van der Waals surface area contributed by atoms with Crippen LogP contribution in [-0.4, -0.2) is 44.7 Å². The molecule has 3 rings (SSSR count). The maximum atomic E-state index is 4.48. The van der Waals surface area contributed by atoms with Crippen molar-refractivity contribution in [1.82, 2.24) is 30.0 Å². The van der Waals surface area contributed by atoms with Crippen LogP contribution in [0.15, 0.2) is 53.8 Å². The minimum atomic E-state index is 0.637. The van der Waals surface area contributed by atoms with E-state index in [0.29, 0.717) is 13.1 Å². The molecule has 7 nitrogen and oxygen atoms in total. The molecular formula is C18H23N7. The van der Waals surface area contributed by atoms with Crippen LogP contribution in [0.3, 0.4) is 0 Å². The highest BCUT2D eigenvalue weighted by molar-refractivity contribution is 5.79. The summed E-state index contributed by atoms with van der Waals surface area (Å²) in [7, 11) is 5.69. The number of nitrogens with zero attached hydrogens (tertiary/aromatic N) is 5. The minimum absolute atomic E-state index is 0.637. The normalized spacial score (nSPS) is 11.6. The summed E-state index contributed by atoms with van der Waals surface area (Å²) in [6, 6.07) is 12.2. The van der Waals surface area contributed by atoms with Crippen molar-refractivity contribution in [3.05, 3.63) is 60.3 Å². The van der Waals surface area contributed by atoms with Gasteiger partial charge in [0.1, 0.15) is 5.82 Å². The van der Waals surface area contributed by atoms with E-state index in [4.69, 9.17) is 0 Å². The molecule has 7 heteroatoms. The summed E-state index contributed by atoms with van der Waals surface area (Å²) in [4.78, 5) is 14.2. The fourth-order valence-electron chi connectivity index (χ4n) is 2.64. The van der Waals surface area contributed by atoms with E-state index < -0.39 is 0 Å². The molecule has 0 saturated carbocycles. The number of nitrogens with one attached hydrogen (secondary N) is 2. The lowest BCUT2D eigenvalue weighted by molar-refractivity contribution is 0.462. The molecule has 0 radical (unpaired) electrons. The van der Waals surface area contributed by atoms with Crippen LogP contribution in [0.4, 0.5) is 0 Å². The van der Waals surface area contributed by atoms with E-state index in [2.05, 4.69) is 37.5 Å². The van der Waals surface area contributed by atoms with Crippen molar-refractivity contribution in [2.45, 2.75) is 13.1 Å². The van der Waals surface area contributed by atoms with E-state index in [0.717, 1.165) is 28.7 Å². The lowest BCUT2D eigenvalue weighted by Gasteiger charge is -2.21. The van der Waals surface area contributed by atoms with Crippen LogP contribution in [0.1, 0.15) is 11.5 Å². The molecule has 0 unspecified atom stereocenters. The second kappa shape index (κ2) is 7.65. The Morgan fingerprint density at radius 3 is 2.76 bits per heavy atom. The average molecular weight is 337 g/mol. The van der Waals surface area contributed by atoms with Crippen LogP contribution in [0, 0.1) is 0 Å². The summed E-state index contributed by atoms with van der Waals surface area (Å²) >= 11 is 0. The number of aliphatic imine (C=N–C) groups is 1. The number of imidazole rings is 1. The first-order valence-electron chi connectivity index (χ1n) is 8.15. The molecule has 0 aliphatic heterocycles. The molecule has 0 fully saturated rings. The maximum absolute atomic E-state index is 4.48. The molecule has 0 bridgehead atoms. The Balaban J connectivity index is 1.61. The molecule has 0 saturated heterocycles. The molecule has 2 aromatic heterocycles. The highest BCUT2D eigenvalue weighted by atomic mass is 15.3. The number of guanidine groups is 1. The van der Waals surface area contributed by atoms with E-state index in [1.54, 1.807) is 13.2 Å². The van der Waals surface area contributed by atoms with Gasteiger partial charge in [0, 0.05) is 27.3 Å². The standard InChI is InChI=1S/C18H23N7/c1-19-18(21-11-15-9-10-22-25(15)3)24(2)13-17-20-12-16(23-17)14-7-5-4-6-8-14/h4-10,12H,11,13H2,1-3H3,(H,19,21)(H,20,23). The number of aromatic nitrogens is 4. The second-order valence-electron chi connectivity index (χ2n) is 5.81. The van der Waals surface area contributed by atoms with Gasteiger partial charge in [-0.25, -0.2) is 4.98 Å². The molecule has 0 atom stereocenters. The van der Waals surface area contributed by atoms with E-state index in [1.807, 2.05) is 54.1 Å². The van der Waals surface area contributed by atoms with Gasteiger partial charge in [-0.3, -0.25) is 9.67 Å². The van der Waals surface area contributed by atoms with Gasteiger partial charge >= 0.3 is 0 Å². The smallest absolute Gasteiger partial charge is 0.194 e. The third kappa shape index (κ3) is 4.06. The molecule has 0 aliphatic rings. The van der Waals surface area contributed by atoms with Crippen molar-refractivity contribution in [3.8, 4) is 11.3 Å². The first-order chi connectivity index (χ1) is 12.2. The lowest BCUT2D eigenvalue weighted by atomic mass is 10.2. The predicted molar refractivity (Wildman–Crippen MR) is 98.9 cm³/mol. The molecule has 25 heavy (non-hydrogen) atoms. The number of aromatic amines is 1. The third-order valence-electron chi connectivity index (χ3n) is 4.02. The molecule has 1 aromatic carbocycles. The Bertz CT molecular complexity index is 832. The van der Waals surface area contributed by atoms with Crippen molar-refractivity contribution in [2.75, 3.05) is 14.1 Å². The van der Waals surface area contributed by atoms with E-state index in [1.165, 1.54) is 0 Å². The summed E-state index contributed by atoms with van der Waals surface area (Å²) in [5.74, 6) is 1.70. The largest absolute Gasteiger partial charge is 0.351 e. The summed E-state index contributed by atoms with van der Waals surface area (Å²) in [6.07, 6.45) is 3.65. The van der Waals surface area contributed by atoms with E-state index >= 15 is 0 Å². The van der Waals surface area contributed by atoms with Gasteiger partial charge in [-0.15, -0.1) is 0 Å². The second-order valence-corrected chi connectivity index (χ2v) is 5.81. The van der Waals surface area contributed by atoms with Crippen molar-refractivity contribution in [2.24, 2.45) is 12.0 Å². The molecule has 0 amide bonds. The summed E-state index contributed by atoms with van der Waals surface area (Å²) < 4.78 is 1.85. The molecule has 2 N–H and O–H groups in total. The molecule has 2 heterocycles. The van der Waals surface area contributed by atoms with Gasteiger partial charge in [0.2, 0.25) is 0 Å². The first-order valence-corrected chi connectivity index (χ1v) is 8.15. The number of aryl methyl sites for hydroxylation is 1. The zero-order valence-corrected chi connectivity index (χ0v) is 14.8. The van der Waals surface area contributed by atoms with Crippen molar-refractivity contribution in [1.29, 1.82) is 0 Å². The molecule has 130 valence electrons. The average Bonchev–Trinajstić information content (AvgIpc) is 3.25. The van der Waals surface area contributed by atoms with Crippen molar-refractivity contribution >= 4 is 5.96 Å². The number of H-pyrrole nitrogens is 1. The Morgan fingerprint density at radius 2 is 2.08 bits per heavy atom. The third-order valence-corrected chi connectivity index (χ3v) is 4.02. The molecular weight excluding hydrogens is 314 g/mol. The number of rotatable bonds is 5. The summed E-state index contributed by atoms with van der Waals surface area (Å²) in [5.41, 5.74) is 3.24. The van der Waals surface area contributed by atoms with Gasteiger partial charge in [0.25, 0.3) is 0 Å². The first kappa shape index (κ1) is 16.8. The Kier molecular flexibility index (Phi) is 5.13. The number of benzene rings is 1. The van der Waals surface area contributed by atoms with Crippen LogP contribution >= 0.6 is 0 Å². The van der Waals surface area contributed by atoms with Gasteiger partial charge in [0.15, 0.2) is 5.96 Å². The number of hydrogen-bond donors (Lipinski definition) is 2. The van der Waals surface area contributed by atoms with Crippen molar-refractivity contribution < 1.29 is 0 Å². The Labute approximate surface area is 147 Å². The van der Waals surface area contributed by atoms with Crippen LogP contribution in [0.5, 0.6) is 0 Å². The predicted octanol–water partition coefficient (Wildman–Crippen LogP) is 2.02. The number of hydrogen-bond acceptors (Lipinski definition) is 3. The van der Waals surface area contributed by atoms with Gasteiger partial charge in [-0.05, 0) is 11.6 Å². The van der Waals surface area contributed by atoms with Gasteiger partial charge in [-0.2, -0.15) is 5.10 Å². The lowest BCUT2D eigenvalue weighted by Crippen LogP contribution is -2.38. The van der Waals surface area contributed by atoms with Crippen molar-refractivity contribution in [3.63, 3.8) is 0 Å².